The molecular weight excluding hydrogens is 412 g/mol. The minimum Gasteiger partial charge on any atom is -0.496 e. The number of hydrogen-bond acceptors (Lipinski definition) is 7. The fourth-order valence-electron chi connectivity index (χ4n) is 3.89. The van der Waals surface area contributed by atoms with E-state index in [-0.39, 0.29) is 11.7 Å². The summed E-state index contributed by atoms with van der Waals surface area (Å²) in [5, 5.41) is 6.11. The van der Waals surface area contributed by atoms with Gasteiger partial charge < -0.3 is 23.4 Å². The SMILES string of the molecule is COc1ccccc1C1=NN(C(=O)c2ccco2)C(c2ccc(OC)c(OC)c2OC)C1. The standard InChI is InChI=1S/C24H24N2O6/c1-28-19-9-6-5-8-15(19)17-14-18(26(25-17)24(27)21-10-7-13-32-21)16-11-12-20(29-2)23(31-4)22(16)30-3/h5-13,18H,14H2,1-4H3. The Kier molecular flexibility index (Phi) is 6.02. The highest BCUT2D eigenvalue weighted by Crippen LogP contribution is 2.46. The minimum atomic E-state index is -0.456. The number of nitrogens with zero attached hydrogens (tertiary/aromatic N) is 2. The zero-order chi connectivity index (χ0) is 22.7. The first kappa shape index (κ1) is 21.3. The third-order valence-electron chi connectivity index (χ3n) is 5.36. The first-order chi connectivity index (χ1) is 15.6. The molecule has 1 unspecified atom stereocenters. The molecule has 2 aromatic carbocycles. The molecule has 4 rings (SSSR count). The summed E-state index contributed by atoms with van der Waals surface area (Å²) < 4.78 is 27.5. The van der Waals surface area contributed by atoms with Crippen LogP contribution in [-0.2, 0) is 0 Å². The lowest BCUT2D eigenvalue weighted by Gasteiger charge is -2.24. The summed E-state index contributed by atoms with van der Waals surface area (Å²) in [5.74, 6) is 1.97. The Morgan fingerprint density at radius 3 is 2.31 bits per heavy atom. The van der Waals surface area contributed by atoms with E-state index in [4.69, 9.17) is 23.4 Å². The fourth-order valence-corrected chi connectivity index (χ4v) is 3.89. The van der Waals surface area contributed by atoms with Crippen LogP contribution in [0.5, 0.6) is 23.0 Å². The number of furan rings is 1. The van der Waals surface area contributed by atoms with Crippen molar-refractivity contribution in [2.24, 2.45) is 5.10 Å². The van der Waals surface area contributed by atoms with E-state index >= 15 is 0 Å². The van der Waals surface area contributed by atoms with Gasteiger partial charge in [0.2, 0.25) is 5.75 Å². The van der Waals surface area contributed by atoms with Crippen LogP contribution in [0, 0.1) is 0 Å². The second kappa shape index (κ2) is 9.05. The fraction of sp³-hybridized carbons (Fsp3) is 0.250. The van der Waals surface area contributed by atoms with Crippen molar-refractivity contribution < 1.29 is 28.2 Å². The van der Waals surface area contributed by atoms with Crippen molar-refractivity contribution in [1.29, 1.82) is 0 Å². The molecule has 0 spiro atoms. The van der Waals surface area contributed by atoms with Gasteiger partial charge in [-0.15, -0.1) is 0 Å². The van der Waals surface area contributed by atoms with Crippen LogP contribution in [0.15, 0.2) is 64.3 Å². The van der Waals surface area contributed by atoms with Crippen LogP contribution in [0.1, 0.15) is 34.1 Å². The van der Waals surface area contributed by atoms with Gasteiger partial charge in [-0.25, -0.2) is 5.01 Å². The van der Waals surface area contributed by atoms with Gasteiger partial charge in [0.05, 0.1) is 46.5 Å². The molecule has 8 nitrogen and oxygen atoms in total. The predicted molar refractivity (Wildman–Crippen MR) is 118 cm³/mol. The van der Waals surface area contributed by atoms with Crippen molar-refractivity contribution in [2.45, 2.75) is 12.5 Å². The van der Waals surface area contributed by atoms with Gasteiger partial charge in [0.25, 0.3) is 0 Å². The second-order valence-corrected chi connectivity index (χ2v) is 7.02. The van der Waals surface area contributed by atoms with Gasteiger partial charge >= 0.3 is 5.91 Å². The largest absolute Gasteiger partial charge is 0.496 e. The van der Waals surface area contributed by atoms with Gasteiger partial charge in [-0.05, 0) is 36.4 Å². The molecule has 1 atom stereocenters. The predicted octanol–water partition coefficient (Wildman–Crippen LogP) is 4.31. The van der Waals surface area contributed by atoms with Crippen molar-refractivity contribution >= 4 is 11.6 Å². The van der Waals surface area contributed by atoms with Crippen molar-refractivity contribution in [3.63, 3.8) is 0 Å². The summed E-state index contributed by atoms with van der Waals surface area (Å²) in [4.78, 5) is 13.3. The number of carbonyl (C=O) groups excluding carboxylic acids is 1. The topological polar surface area (TPSA) is 82.7 Å². The molecule has 1 aliphatic rings. The average Bonchev–Trinajstić information content (AvgIpc) is 3.53. The van der Waals surface area contributed by atoms with Gasteiger partial charge in [0.1, 0.15) is 5.75 Å². The zero-order valence-electron chi connectivity index (χ0n) is 18.3. The summed E-state index contributed by atoms with van der Waals surface area (Å²) in [5.41, 5.74) is 2.26. The minimum absolute atomic E-state index is 0.194. The Balaban J connectivity index is 1.83. The molecule has 0 saturated heterocycles. The van der Waals surface area contributed by atoms with Gasteiger partial charge in [0.15, 0.2) is 17.3 Å². The Labute approximate surface area is 185 Å². The summed E-state index contributed by atoms with van der Waals surface area (Å²) >= 11 is 0. The van der Waals surface area contributed by atoms with E-state index in [1.54, 1.807) is 46.6 Å². The molecule has 2 heterocycles. The van der Waals surface area contributed by atoms with Crippen molar-refractivity contribution in [3.8, 4) is 23.0 Å². The third-order valence-corrected chi connectivity index (χ3v) is 5.36. The van der Waals surface area contributed by atoms with Crippen LogP contribution >= 0.6 is 0 Å². The Hall–Kier alpha value is -3.94. The highest BCUT2D eigenvalue weighted by Gasteiger charge is 2.38. The lowest BCUT2D eigenvalue weighted by atomic mass is 9.96. The maximum absolute atomic E-state index is 13.3. The average molecular weight is 436 g/mol. The van der Waals surface area contributed by atoms with E-state index in [9.17, 15) is 4.79 Å². The molecule has 3 aromatic rings. The summed E-state index contributed by atoms with van der Waals surface area (Å²) in [6, 6.07) is 14.0. The molecule has 0 aliphatic carbocycles. The van der Waals surface area contributed by atoms with Gasteiger partial charge in [0, 0.05) is 17.5 Å². The van der Waals surface area contributed by atoms with Crippen LogP contribution in [0.3, 0.4) is 0 Å². The number of hydrogen-bond donors (Lipinski definition) is 0. The molecule has 8 heteroatoms. The van der Waals surface area contributed by atoms with Crippen molar-refractivity contribution in [2.75, 3.05) is 28.4 Å². The van der Waals surface area contributed by atoms with Crippen LogP contribution in [-0.4, -0.2) is 45.1 Å². The monoisotopic (exact) mass is 436 g/mol. The molecule has 1 amide bonds. The Morgan fingerprint density at radius 2 is 1.66 bits per heavy atom. The number of amides is 1. The lowest BCUT2D eigenvalue weighted by Crippen LogP contribution is -2.27. The molecule has 0 saturated carbocycles. The summed E-state index contributed by atoms with van der Waals surface area (Å²) in [6.45, 7) is 0. The van der Waals surface area contributed by atoms with E-state index in [1.165, 1.54) is 11.3 Å². The molecule has 0 N–H and O–H groups in total. The molecule has 32 heavy (non-hydrogen) atoms. The van der Waals surface area contributed by atoms with Crippen molar-refractivity contribution in [3.05, 3.63) is 71.7 Å². The first-order valence-electron chi connectivity index (χ1n) is 9.99. The molecule has 0 radical (unpaired) electrons. The van der Waals surface area contributed by atoms with Gasteiger partial charge in [-0.1, -0.05) is 12.1 Å². The van der Waals surface area contributed by atoms with E-state index in [1.807, 2.05) is 30.3 Å². The highest BCUT2D eigenvalue weighted by atomic mass is 16.5. The van der Waals surface area contributed by atoms with Crippen LogP contribution in [0.25, 0.3) is 0 Å². The maximum Gasteiger partial charge on any atom is 0.310 e. The highest BCUT2D eigenvalue weighted by molar-refractivity contribution is 6.06. The zero-order valence-corrected chi connectivity index (χ0v) is 18.3. The number of carbonyl (C=O) groups is 1. The number of hydrazone groups is 1. The number of methoxy groups -OCH3 is 4. The van der Waals surface area contributed by atoms with E-state index in [2.05, 4.69) is 5.10 Å². The second-order valence-electron chi connectivity index (χ2n) is 7.02. The quantitative estimate of drug-likeness (QED) is 0.549. The van der Waals surface area contributed by atoms with Gasteiger partial charge in [-0.3, -0.25) is 4.79 Å². The number of benzene rings is 2. The lowest BCUT2D eigenvalue weighted by molar-refractivity contribution is 0.0676. The van der Waals surface area contributed by atoms with E-state index < -0.39 is 6.04 Å². The van der Waals surface area contributed by atoms with Gasteiger partial charge in [-0.2, -0.15) is 5.10 Å². The molecular formula is C24H24N2O6. The van der Waals surface area contributed by atoms with E-state index in [0.29, 0.717) is 35.1 Å². The molecule has 1 aliphatic heterocycles. The Morgan fingerprint density at radius 1 is 0.906 bits per heavy atom. The van der Waals surface area contributed by atoms with E-state index in [0.717, 1.165) is 11.1 Å². The molecule has 1 aromatic heterocycles. The summed E-state index contributed by atoms with van der Waals surface area (Å²) in [7, 11) is 6.26. The van der Waals surface area contributed by atoms with Crippen LogP contribution in [0.2, 0.25) is 0 Å². The number of para-hydroxylation sites is 1. The smallest absolute Gasteiger partial charge is 0.310 e. The molecule has 166 valence electrons. The van der Waals surface area contributed by atoms with Crippen LogP contribution in [0.4, 0.5) is 0 Å². The van der Waals surface area contributed by atoms with Crippen molar-refractivity contribution in [1.82, 2.24) is 5.01 Å². The third kappa shape index (κ3) is 3.64. The maximum atomic E-state index is 13.3. The molecule has 0 fully saturated rings. The first-order valence-corrected chi connectivity index (χ1v) is 9.99. The Bertz CT molecular complexity index is 1140. The summed E-state index contributed by atoms with van der Waals surface area (Å²) in [6.07, 6.45) is 1.90. The number of rotatable bonds is 7. The molecule has 0 bridgehead atoms. The number of ether oxygens (including phenoxy) is 4. The normalized spacial score (nSPS) is 15.3. The van der Waals surface area contributed by atoms with Crippen LogP contribution < -0.4 is 18.9 Å².